The Labute approximate surface area is 151 Å². The van der Waals surface area contributed by atoms with Gasteiger partial charge in [0.1, 0.15) is 17.7 Å². The molecular weight excluding hydrogens is 367 g/mol. The van der Waals surface area contributed by atoms with Crippen molar-refractivity contribution in [1.82, 2.24) is 9.78 Å². The number of aromatic nitrogens is 2. The number of para-hydroxylation sites is 1. The number of hydrogen-bond acceptors (Lipinski definition) is 5. The van der Waals surface area contributed by atoms with E-state index in [2.05, 4.69) is 15.3 Å². The first-order valence-corrected chi connectivity index (χ1v) is 7.98. The minimum atomic E-state index is -4.82. The van der Waals surface area contributed by atoms with Gasteiger partial charge >= 0.3 is 6.18 Å². The van der Waals surface area contributed by atoms with Crippen LogP contribution in [0.15, 0.2) is 24.4 Å². The van der Waals surface area contributed by atoms with Crippen LogP contribution in [0.2, 0.25) is 0 Å². The second-order valence-electron chi connectivity index (χ2n) is 5.84. The molecule has 2 aromatic rings. The lowest BCUT2D eigenvalue weighted by Gasteiger charge is -2.30. The largest absolute Gasteiger partial charge is 0.506 e. The molecule has 1 aromatic carbocycles. The molecule has 3 radical (unpaired) electrons. The van der Waals surface area contributed by atoms with Gasteiger partial charge in [-0.3, -0.25) is 0 Å². The number of rotatable bonds is 6. The van der Waals surface area contributed by atoms with E-state index in [4.69, 9.17) is 10.5 Å². The van der Waals surface area contributed by atoms with E-state index in [1.807, 2.05) is 0 Å². The average Bonchev–Trinajstić information content (AvgIpc) is 2.98. The predicted molar refractivity (Wildman–Crippen MR) is 88.0 cm³/mol. The van der Waals surface area contributed by atoms with E-state index in [-0.39, 0.29) is 18.0 Å². The molecule has 26 heavy (non-hydrogen) atoms. The lowest BCUT2D eigenvalue weighted by molar-refractivity contribution is -0.142. The highest BCUT2D eigenvalue weighted by Gasteiger charge is 2.45. The predicted octanol–water partition coefficient (Wildman–Crippen LogP) is 1.65. The zero-order valence-corrected chi connectivity index (χ0v) is 15.0. The van der Waals surface area contributed by atoms with Gasteiger partial charge in [-0.25, -0.2) is 4.68 Å². The second-order valence-corrected chi connectivity index (χ2v) is 6.67. The fourth-order valence-electron chi connectivity index (χ4n) is 2.60. The van der Waals surface area contributed by atoms with Crippen LogP contribution in [0.25, 0.3) is 5.69 Å². The van der Waals surface area contributed by atoms with Gasteiger partial charge in [-0.1, -0.05) is 12.1 Å². The van der Waals surface area contributed by atoms with Crippen molar-refractivity contribution in [2.24, 2.45) is 11.7 Å². The molecule has 0 saturated heterocycles. The molecule has 2 atom stereocenters. The highest BCUT2D eigenvalue weighted by molar-refractivity contribution is 6.17. The average molecular weight is 384 g/mol. The van der Waals surface area contributed by atoms with Crippen molar-refractivity contribution in [3.05, 3.63) is 41.2 Å². The van der Waals surface area contributed by atoms with Crippen LogP contribution < -0.4 is 5.73 Å². The summed E-state index contributed by atoms with van der Waals surface area (Å²) in [7, 11) is 4.40. The molecule has 1 unspecified atom stereocenters. The molecule has 0 aliphatic carbocycles. The first-order chi connectivity index (χ1) is 12.0. The summed E-state index contributed by atoms with van der Waals surface area (Å²) in [6.07, 6.45) is -3.36. The number of aryl methyl sites for hydroxylation is 1. The van der Waals surface area contributed by atoms with Gasteiger partial charge in [0.05, 0.1) is 22.8 Å². The van der Waals surface area contributed by atoms with Crippen molar-refractivity contribution < 1.29 is 27.8 Å². The Bertz CT molecular complexity index is 786. The summed E-state index contributed by atoms with van der Waals surface area (Å²) in [4.78, 5) is 11.3. The van der Waals surface area contributed by atoms with E-state index in [1.165, 1.54) is 13.2 Å². The second kappa shape index (κ2) is 7.21. The summed E-state index contributed by atoms with van der Waals surface area (Å²) in [6, 6.07) is 4.51. The molecule has 0 amide bonds. The smallest absolute Gasteiger partial charge is 0.435 e. The van der Waals surface area contributed by atoms with Crippen molar-refractivity contribution in [1.29, 1.82) is 0 Å². The van der Waals surface area contributed by atoms with Crippen molar-refractivity contribution in [2.75, 3.05) is 13.7 Å². The van der Waals surface area contributed by atoms with Crippen LogP contribution in [0.4, 0.5) is 13.2 Å². The van der Waals surface area contributed by atoms with Crippen molar-refractivity contribution in [3.8, 4) is 11.4 Å². The molecule has 1 heterocycles. The number of carbonyl (C=O) groups is 1. The van der Waals surface area contributed by atoms with Crippen LogP contribution in [-0.4, -0.2) is 45.1 Å². The number of phenols is 1. The number of nitrogens with zero attached hydrogens (tertiary/aromatic N) is 2. The number of aldehydes is 1. The maximum absolute atomic E-state index is 13.5. The van der Waals surface area contributed by atoms with Gasteiger partial charge in [-0.15, -0.1) is 0 Å². The lowest BCUT2D eigenvalue weighted by Crippen LogP contribution is -2.48. The van der Waals surface area contributed by atoms with Crippen molar-refractivity contribution in [2.45, 2.75) is 18.3 Å². The first kappa shape index (κ1) is 20.1. The third kappa shape index (κ3) is 3.66. The molecule has 2 rings (SSSR count). The monoisotopic (exact) mass is 384 g/mol. The summed E-state index contributed by atoms with van der Waals surface area (Å²) in [6.45, 7) is 1.42. The van der Waals surface area contributed by atoms with Crippen LogP contribution in [0.1, 0.15) is 16.8 Å². The van der Waals surface area contributed by atoms with Gasteiger partial charge in [0.25, 0.3) is 0 Å². The summed E-state index contributed by atoms with van der Waals surface area (Å²) < 4.78 is 46.4. The summed E-state index contributed by atoms with van der Waals surface area (Å²) in [5.74, 6) is -1.35. The molecule has 10 heteroatoms. The van der Waals surface area contributed by atoms with E-state index < -0.39 is 28.5 Å². The molecule has 3 N–H and O–H groups in total. The molecule has 0 fully saturated rings. The Morgan fingerprint density at radius 3 is 2.62 bits per heavy atom. The molecule has 6 nitrogen and oxygen atoms in total. The fourth-order valence-corrected chi connectivity index (χ4v) is 2.93. The molecule has 0 aliphatic rings. The number of benzene rings is 1. The number of phenolic OH excluding ortho intramolecular Hbond substituents is 1. The van der Waals surface area contributed by atoms with Gasteiger partial charge in [0.2, 0.25) is 0 Å². The molecule has 0 saturated carbocycles. The number of ether oxygens (including phenoxy) is 1. The maximum atomic E-state index is 13.5. The van der Waals surface area contributed by atoms with Crippen molar-refractivity contribution >= 4 is 16.5 Å². The Morgan fingerprint density at radius 2 is 2.12 bits per heavy atom. The number of aromatic hydroxyl groups is 1. The Kier molecular flexibility index (Phi) is 5.59. The van der Waals surface area contributed by atoms with E-state index in [9.17, 15) is 23.1 Å². The number of carbonyl (C=O) groups excluding carboxylic acids is 1. The van der Waals surface area contributed by atoms with Gasteiger partial charge in [0, 0.05) is 24.0 Å². The van der Waals surface area contributed by atoms with E-state index in [1.54, 1.807) is 19.1 Å². The van der Waals surface area contributed by atoms with Gasteiger partial charge < -0.3 is 20.4 Å². The van der Waals surface area contributed by atoms with E-state index in [0.717, 1.165) is 10.9 Å². The number of nitrogens with two attached hydrogens (primary N) is 1. The number of methoxy groups -OCH3 is 1. The van der Waals surface area contributed by atoms with Crippen LogP contribution in [0, 0.1) is 12.8 Å². The Morgan fingerprint density at radius 1 is 1.46 bits per heavy atom. The lowest BCUT2D eigenvalue weighted by atomic mass is 9.94. The molecule has 1 aromatic heterocycles. The Hall–Kier alpha value is -2.17. The zero-order chi connectivity index (χ0) is 19.7. The molecule has 0 aliphatic heterocycles. The summed E-state index contributed by atoms with van der Waals surface area (Å²) >= 11 is 0. The van der Waals surface area contributed by atoms with Crippen LogP contribution in [-0.2, 0) is 20.9 Å². The van der Waals surface area contributed by atoms with E-state index in [0.29, 0.717) is 11.8 Å². The number of alkyl halides is 3. The molecule has 139 valence electrons. The normalized spacial score (nSPS) is 15.5. The highest BCUT2D eigenvalue weighted by atomic mass is 28.1. The van der Waals surface area contributed by atoms with Gasteiger partial charge in [0.15, 0.2) is 5.69 Å². The highest BCUT2D eigenvalue weighted by Crippen LogP contribution is 2.38. The molecule has 0 bridgehead atoms. The van der Waals surface area contributed by atoms with Crippen molar-refractivity contribution in [3.63, 3.8) is 0 Å². The number of halogens is 3. The minimum absolute atomic E-state index is 0.0844. The third-order valence-corrected chi connectivity index (χ3v) is 4.61. The van der Waals surface area contributed by atoms with Crippen LogP contribution in [0.3, 0.4) is 0 Å². The third-order valence-electron chi connectivity index (χ3n) is 3.97. The Balaban J connectivity index is 2.70. The quantitative estimate of drug-likeness (QED) is 0.584. The van der Waals surface area contributed by atoms with Gasteiger partial charge in [-0.05, 0) is 18.6 Å². The SMILES string of the molecule is COCC(C=O)[C@](N)([Si])c1cn(-c2c(C)cccc2O)nc1C(F)(F)F. The van der Waals surface area contributed by atoms with Crippen LogP contribution in [0.5, 0.6) is 5.75 Å². The standard InChI is InChI=1S/C16H17F3N3O3Si/c1-9-4-3-5-12(24)13(9)22-6-11(14(21-22)16(17,18)19)15(20,26)10(7-23)8-25-2/h3-7,10,24H,8,20H2,1-2H3/t10?,15-/m0/s1. The fraction of sp³-hybridized carbons (Fsp3) is 0.375. The number of hydrogen-bond donors (Lipinski definition) is 2. The summed E-state index contributed by atoms with van der Waals surface area (Å²) in [5.41, 5.74) is 4.91. The zero-order valence-electron chi connectivity index (χ0n) is 14.0. The topological polar surface area (TPSA) is 90.4 Å². The molecule has 0 spiro atoms. The molecular formula is C16H17F3N3O3Si. The minimum Gasteiger partial charge on any atom is -0.506 e. The van der Waals surface area contributed by atoms with Crippen LogP contribution >= 0.6 is 0 Å². The maximum Gasteiger partial charge on any atom is 0.435 e. The summed E-state index contributed by atoms with van der Waals surface area (Å²) in [5, 5.41) is 11.7. The van der Waals surface area contributed by atoms with E-state index >= 15 is 0 Å². The first-order valence-electron chi connectivity index (χ1n) is 7.48. The van der Waals surface area contributed by atoms with Gasteiger partial charge in [-0.2, -0.15) is 18.3 Å².